The molecule has 2 N–H and O–H groups in total. The molecule has 6 nitrogen and oxygen atoms in total. The number of aromatic nitrogens is 4. The first-order valence-corrected chi connectivity index (χ1v) is 7.67. The van der Waals surface area contributed by atoms with Crippen LogP contribution in [0.4, 0.5) is 0 Å². The van der Waals surface area contributed by atoms with Crippen molar-refractivity contribution in [1.29, 1.82) is 0 Å². The maximum Gasteiger partial charge on any atom is 0.234 e. The van der Waals surface area contributed by atoms with Gasteiger partial charge in [-0.15, -0.1) is 10.2 Å². The van der Waals surface area contributed by atoms with Crippen LogP contribution in [-0.4, -0.2) is 32.5 Å². The summed E-state index contributed by atoms with van der Waals surface area (Å²) in [5, 5.41) is 14.0. The van der Waals surface area contributed by atoms with Gasteiger partial charge in [-0.25, -0.2) is 0 Å². The van der Waals surface area contributed by atoms with E-state index in [1.165, 1.54) is 0 Å². The van der Waals surface area contributed by atoms with E-state index >= 15 is 0 Å². The molecule has 0 saturated carbocycles. The van der Waals surface area contributed by atoms with Gasteiger partial charge in [0.2, 0.25) is 4.96 Å². The molecule has 104 valence electrons. The van der Waals surface area contributed by atoms with Gasteiger partial charge in [0.1, 0.15) is 11.1 Å². The van der Waals surface area contributed by atoms with E-state index in [0.717, 1.165) is 54.5 Å². The fourth-order valence-corrected chi connectivity index (χ4v) is 3.37. The molecule has 3 heterocycles. The van der Waals surface area contributed by atoms with Crippen LogP contribution in [0, 0.1) is 0 Å². The van der Waals surface area contributed by atoms with Gasteiger partial charge in [0.15, 0.2) is 5.82 Å². The normalized spacial score (nSPS) is 21.3. The summed E-state index contributed by atoms with van der Waals surface area (Å²) < 4.78 is 7.48. The van der Waals surface area contributed by atoms with Crippen molar-refractivity contribution in [2.45, 2.75) is 51.2 Å². The second-order valence-electron chi connectivity index (χ2n) is 5.00. The van der Waals surface area contributed by atoms with Gasteiger partial charge >= 0.3 is 0 Å². The zero-order chi connectivity index (χ0) is 13.2. The minimum atomic E-state index is 0.0502. The Balaban J connectivity index is 1.81. The molecular formula is C12H19N5OS. The minimum absolute atomic E-state index is 0.0502. The summed E-state index contributed by atoms with van der Waals surface area (Å²) in [4.78, 5) is 0.837. The average Bonchev–Trinajstić information content (AvgIpc) is 3.03. The van der Waals surface area contributed by atoms with Crippen molar-refractivity contribution in [3.05, 3.63) is 10.8 Å². The number of hydrogen-bond donors (Lipinski definition) is 1. The maximum atomic E-state index is 6.06. The molecule has 0 aromatic carbocycles. The topological polar surface area (TPSA) is 78.3 Å². The monoisotopic (exact) mass is 281 g/mol. The van der Waals surface area contributed by atoms with Crippen LogP contribution in [0.15, 0.2) is 0 Å². The van der Waals surface area contributed by atoms with E-state index in [1.54, 1.807) is 11.3 Å². The second-order valence-corrected chi connectivity index (χ2v) is 6.04. The van der Waals surface area contributed by atoms with Gasteiger partial charge in [-0.1, -0.05) is 24.7 Å². The first-order valence-electron chi connectivity index (χ1n) is 6.86. The van der Waals surface area contributed by atoms with Gasteiger partial charge in [0.05, 0.1) is 0 Å². The molecule has 2 atom stereocenters. The van der Waals surface area contributed by atoms with Gasteiger partial charge in [0, 0.05) is 19.1 Å². The molecule has 3 rings (SSSR count). The highest BCUT2D eigenvalue weighted by molar-refractivity contribution is 7.16. The molecule has 2 aromatic heterocycles. The van der Waals surface area contributed by atoms with Crippen LogP contribution in [0.2, 0.25) is 0 Å². The van der Waals surface area contributed by atoms with Crippen molar-refractivity contribution in [2.75, 3.05) is 6.61 Å². The van der Waals surface area contributed by atoms with Gasteiger partial charge < -0.3 is 10.5 Å². The van der Waals surface area contributed by atoms with Gasteiger partial charge in [-0.05, 0) is 19.3 Å². The van der Waals surface area contributed by atoms with E-state index in [4.69, 9.17) is 10.5 Å². The smallest absolute Gasteiger partial charge is 0.234 e. The van der Waals surface area contributed by atoms with E-state index < -0.39 is 0 Å². The Bertz CT molecular complexity index is 545. The molecule has 0 bridgehead atoms. The van der Waals surface area contributed by atoms with Crippen LogP contribution in [0.25, 0.3) is 4.96 Å². The van der Waals surface area contributed by atoms with Crippen molar-refractivity contribution >= 4 is 16.3 Å². The summed E-state index contributed by atoms with van der Waals surface area (Å²) in [7, 11) is 0. The van der Waals surface area contributed by atoms with Gasteiger partial charge in [0.25, 0.3) is 0 Å². The lowest BCUT2D eigenvalue weighted by molar-refractivity contribution is 0.103. The van der Waals surface area contributed by atoms with Gasteiger partial charge in [-0.3, -0.25) is 0 Å². The van der Waals surface area contributed by atoms with Crippen LogP contribution in [-0.2, 0) is 11.2 Å². The Morgan fingerprint density at radius 2 is 2.42 bits per heavy atom. The summed E-state index contributed by atoms with van der Waals surface area (Å²) in [6.07, 6.45) is 5.08. The molecule has 1 aliphatic heterocycles. The van der Waals surface area contributed by atoms with Crippen molar-refractivity contribution in [1.82, 2.24) is 19.8 Å². The predicted octanol–water partition coefficient (Wildman–Crippen LogP) is 1.71. The summed E-state index contributed by atoms with van der Waals surface area (Å²) in [6, 6.07) is 0.181. The molecule has 1 fully saturated rings. The SMILES string of the molecule is CCCC(N)Cc1nn2c(C3CCCO3)nnc2s1. The molecule has 1 aliphatic rings. The molecule has 7 heteroatoms. The zero-order valence-electron chi connectivity index (χ0n) is 11.1. The van der Waals surface area contributed by atoms with E-state index in [1.807, 2.05) is 4.52 Å². The number of ether oxygens (including phenoxy) is 1. The van der Waals surface area contributed by atoms with E-state index in [-0.39, 0.29) is 12.1 Å². The molecule has 0 radical (unpaired) electrons. The molecule has 2 aromatic rings. The standard InChI is InChI=1S/C12H19N5OS/c1-2-4-8(13)7-10-16-17-11(9-5-3-6-18-9)14-15-12(17)19-10/h8-9H,2-7,13H2,1H3. The lowest BCUT2D eigenvalue weighted by atomic mass is 10.1. The first kappa shape index (κ1) is 13.0. The largest absolute Gasteiger partial charge is 0.370 e. The van der Waals surface area contributed by atoms with Crippen LogP contribution in [0.3, 0.4) is 0 Å². The fourth-order valence-electron chi connectivity index (χ4n) is 2.43. The third-order valence-electron chi connectivity index (χ3n) is 3.37. The van der Waals surface area contributed by atoms with Crippen molar-refractivity contribution in [3.63, 3.8) is 0 Å². The first-order chi connectivity index (χ1) is 9.28. The summed E-state index contributed by atoms with van der Waals surface area (Å²) in [5.74, 6) is 0.832. The molecular weight excluding hydrogens is 262 g/mol. The molecule has 2 unspecified atom stereocenters. The van der Waals surface area contributed by atoms with Crippen LogP contribution in [0.1, 0.15) is 49.5 Å². The zero-order valence-corrected chi connectivity index (χ0v) is 11.9. The number of rotatable bonds is 5. The third kappa shape index (κ3) is 2.63. The Morgan fingerprint density at radius 3 is 3.16 bits per heavy atom. The van der Waals surface area contributed by atoms with Crippen LogP contribution < -0.4 is 5.73 Å². The molecule has 0 amide bonds. The maximum absolute atomic E-state index is 6.06. The number of nitrogens with two attached hydrogens (primary N) is 1. The highest BCUT2D eigenvalue weighted by atomic mass is 32.1. The Labute approximate surface area is 116 Å². The summed E-state index contributed by atoms with van der Waals surface area (Å²) in [5.41, 5.74) is 6.06. The second kappa shape index (κ2) is 5.52. The Hall–Kier alpha value is -1.05. The summed E-state index contributed by atoms with van der Waals surface area (Å²) in [6.45, 7) is 2.95. The quantitative estimate of drug-likeness (QED) is 0.902. The number of fused-ring (bicyclic) bond motifs is 1. The molecule has 1 saturated heterocycles. The third-order valence-corrected chi connectivity index (χ3v) is 4.29. The number of nitrogens with zero attached hydrogens (tertiary/aromatic N) is 4. The summed E-state index contributed by atoms with van der Waals surface area (Å²) >= 11 is 1.57. The molecule has 0 aliphatic carbocycles. The lowest BCUT2D eigenvalue weighted by Crippen LogP contribution is -2.22. The van der Waals surface area contributed by atoms with Gasteiger partial charge in [-0.2, -0.15) is 9.61 Å². The van der Waals surface area contributed by atoms with Crippen molar-refractivity contribution in [2.24, 2.45) is 5.73 Å². The van der Waals surface area contributed by atoms with Crippen LogP contribution >= 0.6 is 11.3 Å². The number of hydrogen-bond acceptors (Lipinski definition) is 6. The van der Waals surface area contributed by atoms with Crippen LogP contribution in [0.5, 0.6) is 0 Å². The average molecular weight is 281 g/mol. The molecule has 0 spiro atoms. The van der Waals surface area contributed by atoms with Crippen molar-refractivity contribution < 1.29 is 4.74 Å². The lowest BCUT2D eigenvalue weighted by Gasteiger charge is -2.06. The highest BCUT2D eigenvalue weighted by Gasteiger charge is 2.25. The van der Waals surface area contributed by atoms with E-state index in [9.17, 15) is 0 Å². The highest BCUT2D eigenvalue weighted by Crippen LogP contribution is 2.28. The fraction of sp³-hybridized carbons (Fsp3) is 0.750. The minimum Gasteiger partial charge on any atom is -0.370 e. The van der Waals surface area contributed by atoms with E-state index in [0.29, 0.717) is 0 Å². The van der Waals surface area contributed by atoms with Crippen molar-refractivity contribution in [3.8, 4) is 0 Å². The van der Waals surface area contributed by atoms with E-state index in [2.05, 4.69) is 22.2 Å². The molecule has 19 heavy (non-hydrogen) atoms. The Morgan fingerprint density at radius 1 is 1.53 bits per heavy atom. The Kier molecular flexibility index (Phi) is 3.76. The predicted molar refractivity (Wildman–Crippen MR) is 73.2 cm³/mol.